The summed E-state index contributed by atoms with van der Waals surface area (Å²) in [4.78, 5) is 56.6. The van der Waals surface area contributed by atoms with Crippen LogP contribution in [0, 0.1) is 5.92 Å². The van der Waals surface area contributed by atoms with Crippen molar-refractivity contribution in [1.29, 1.82) is 0 Å². The molecule has 0 unspecified atom stereocenters. The van der Waals surface area contributed by atoms with E-state index in [1.54, 1.807) is 44.2 Å². The topological polar surface area (TPSA) is 171 Å². The summed E-state index contributed by atoms with van der Waals surface area (Å²) in [7, 11) is 0. The highest BCUT2D eigenvalue weighted by atomic mass is 35.5. The second-order valence-electron chi connectivity index (χ2n) is 10.3. The van der Waals surface area contributed by atoms with Crippen LogP contribution in [0.5, 0.6) is 0 Å². The number of hydrogen-bond donors (Lipinski definition) is 4. The Bertz CT molecular complexity index is 1790. The summed E-state index contributed by atoms with van der Waals surface area (Å²) in [5, 5.41) is 24.3. The molecule has 12 nitrogen and oxygen atoms in total. The van der Waals surface area contributed by atoms with Gasteiger partial charge in [-0.2, -0.15) is 18.2 Å². The number of aromatic carboxylic acids is 1. The number of anilines is 3. The number of aliphatic carboxylic acids is 1. The first-order valence-electron chi connectivity index (χ1n) is 13.8. The molecule has 1 fully saturated rings. The standard InChI is InChI=1S/C28H26ClN5O5S.C2HF3O2/c1-15(2)25(35)31-17-4-5-20(29)22(13-17)32-28-33-26(36)23(40-28)12-16-3-6-21-18(11-16)24(19(14-30-21)27(37)38)34-7-9-39-10-8-34;3-2(4,5)1(6)7/h3-6,11-15H,7-10H2,1-2H3,(H,31,35)(H,37,38)(H,32,33,36);(H,6,7). The number of amides is 2. The van der Waals surface area contributed by atoms with E-state index in [0.717, 1.165) is 11.8 Å². The van der Waals surface area contributed by atoms with Gasteiger partial charge in [0.2, 0.25) is 5.91 Å². The number of fused-ring (bicyclic) bond motifs is 1. The van der Waals surface area contributed by atoms with Crippen molar-refractivity contribution < 1.29 is 47.3 Å². The highest BCUT2D eigenvalue weighted by molar-refractivity contribution is 8.18. The number of rotatable bonds is 6. The lowest BCUT2D eigenvalue weighted by Gasteiger charge is -2.30. The number of aliphatic imine (C=N–C) groups is 1. The number of pyridine rings is 1. The fraction of sp³-hybridized carbons (Fsp3) is 0.267. The van der Waals surface area contributed by atoms with Gasteiger partial charge in [0.1, 0.15) is 5.56 Å². The zero-order chi connectivity index (χ0) is 34.5. The van der Waals surface area contributed by atoms with Gasteiger partial charge in [0.05, 0.1) is 40.0 Å². The lowest BCUT2D eigenvalue weighted by Crippen LogP contribution is -2.37. The minimum atomic E-state index is -5.08. The number of morpholine rings is 1. The lowest BCUT2D eigenvalue weighted by atomic mass is 10.0. The van der Waals surface area contributed by atoms with Crippen LogP contribution in [0.3, 0.4) is 0 Å². The van der Waals surface area contributed by atoms with E-state index in [0.29, 0.717) is 74.9 Å². The number of benzene rings is 2. The number of amidine groups is 1. The van der Waals surface area contributed by atoms with E-state index in [1.807, 2.05) is 17.0 Å². The van der Waals surface area contributed by atoms with Gasteiger partial charge in [0, 0.05) is 36.3 Å². The van der Waals surface area contributed by atoms with Gasteiger partial charge >= 0.3 is 18.1 Å². The maximum absolute atomic E-state index is 12.8. The first-order valence-corrected chi connectivity index (χ1v) is 15.0. The molecule has 47 heavy (non-hydrogen) atoms. The number of carbonyl (C=O) groups is 4. The molecule has 2 amide bonds. The molecule has 3 aromatic rings. The summed E-state index contributed by atoms with van der Waals surface area (Å²) in [6, 6.07) is 10.5. The van der Waals surface area contributed by atoms with Crippen molar-refractivity contribution in [3.05, 3.63) is 63.6 Å². The van der Waals surface area contributed by atoms with E-state index in [1.165, 1.54) is 6.20 Å². The number of thioether (sulfide) groups is 1. The molecular formula is C30H27ClF3N5O7S. The maximum Gasteiger partial charge on any atom is 0.490 e. The highest BCUT2D eigenvalue weighted by Gasteiger charge is 2.38. The van der Waals surface area contributed by atoms with Gasteiger partial charge in [-0.3, -0.25) is 14.6 Å². The summed E-state index contributed by atoms with van der Waals surface area (Å²) in [5.41, 5.74) is 3.12. The average Bonchev–Trinajstić information content (AvgIpc) is 3.36. The number of halogens is 4. The lowest BCUT2D eigenvalue weighted by molar-refractivity contribution is -0.192. The Labute approximate surface area is 274 Å². The Balaban J connectivity index is 0.000000644. The molecule has 0 spiro atoms. The normalized spacial score (nSPS) is 15.7. The van der Waals surface area contributed by atoms with Crippen LogP contribution in [-0.2, 0) is 19.1 Å². The van der Waals surface area contributed by atoms with E-state index in [2.05, 4.69) is 20.6 Å². The van der Waals surface area contributed by atoms with Gasteiger partial charge in [-0.25, -0.2) is 9.59 Å². The number of aromatic nitrogens is 1. The molecular weight excluding hydrogens is 667 g/mol. The van der Waals surface area contributed by atoms with Crippen molar-refractivity contribution in [3.63, 3.8) is 0 Å². The number of carbonyl (C=O) groups excluding carboxylic acids is 2. The van der Waals surface area contributed by atoms with Crippen molar-refractivity contribution in [1.82, 2.24) is 4.98 Å². The van der Waals surface area contributed by atoms with E-state index >= 15 is 0 Å². The second kappa shape index (κ2) is 14.8. The monoisotopic (exact) mass is 693 g/mol. The van der Waals surface area contributed by atoms with Crippen molar-refractivity contribution >= 4 is 86.3 Å². The SMILES string of the molecule is CC(C)C(=O)Nc1ccc(Cl)c(NC2=NC(=O)C(=Cc3ccc4ncc(C(=O)O)c(N5CCOCC5)c4c3)S2)c1.O=C(O)C(F)(F)F. The van der Waals surface area contributed by atoms with E-state index in [9.17, 15) is 32.7 Å². The largest absolute Gasteiger partial charge is 0.490 e. The van der Waals surface area contributed by atoms with Crippen LogP contribution in [0.25, 0.3) is 17.0 Å². The van der Waals surface area contributed by atoms with Crippen molar-refractivity contribution in [2.24, 2.45) is 10.9 Å². The first-order chi connectivity index (χ1) is 22.1. The molecule has 2 aromatic carbocycles. The van der Waals surface area contributed by atoms with Gasteiger partial charge in [-0.1, -0.05) is 31.5 Å². The van der Waals surface area contributed by atoms with E-state index < -0.39 is 24.0 Å². The second-order valence-corrected chi connectivity index (χ2v) is 11.7. The molecule has 4 N–H and O–H groups in total. The third kappa shape index (κ3) is 8.99. The van der Waals surface area contributed by atoms with Crippen LogP contribution >= 0.6 is 23.4 Å². The van der Waals surface area contributed by atoms with Gasteiger partial charge in [-0.05, 0) is 53.7 Å². The van der Waals surface area contributed by atoms with Crippen LogP contribution in [0.1, 0.15) is 29.8 Å². The van der Waals surface area contributed by atoms with Gasteiger partial charge in [0.15, 0.2) is 5.17 Å². The third-order valence-electron chi connectivity index (χ3n) is 6.58. The number of nitrogens with zero attached hydrogens (tertiary/aromatic N) is 3. The molecule has 0 saturated carbocycles. The quantitative estimate of drug-likeness (QED) is 0.232. The number of hydrogen-bond acceptors (Lipinski definition) is 9. The van der Waals surface area contributed by atoms with Gasteiger partial charge < -0.3 is 30.5 Å². The number of ether oxygens (including phenoxy) is 1. The number of nitrogens with one attached hydrogen (secondary N) is 2. The van der Waals surface area contributed by atoms with Crippen LogP contribution < -0.4 is 15.5 Å². The number of carboxylic acid groups (broad SMARTS) is 2. The highest BCUT2D eigenvalue weighted by Crippen LogP contribution is 2.35. The molecule has 1 saturated heterocycles. The molecule has 0 atom stereocenters. The molecule has 17 heteroatoms. The Morgan fingerprint density at radius 2 is 1.79 bits per heavy atom. The molecule has 0 aliphatic carbocycles. The van der Waals surface area contributed by atoms with Gasteiger partial charge in [0.25, 0.3) is 5.91 Å². The minimum Gasteiger partial charge on any atom is -0.478 e. The molecule has 3 heterocycles. The zero-order valence-electron chi connectivity index (χ0n) is 24.7. The van der Waals surface area contributed by atoms with Crippen LogP contribution in [0.2, 0.25) is 5.02 Å². The number of alkyl halides is 3. The summed E-state index contributed by atoms with van der Waals surface area (Å²) in [5.74, 6) is -4.54. The van der Waals surface area contributed by atoms with Crippen molar-refractivity contribution in [2.45, 2.75) is 20.0 Å². The molecule has 5 rings (SSSR count). The van der Waals surface area contributed by atoms with Crippen molar-refractivity contribution in [2.75, 3.05) is 41.8 Å². The summed E-state index contributed by atoms with van der Waals surface area (Å²) in [6.45, 7) is 5.73. The zero-order valence-corrected chi connectivity index (χ0v) is 26.3. The summed E-state index contributed by atoms with van der Waals surface area (Å²) < 4.78 is 37.2. The smallest absolute Gasteiger partial charge is 0.478 e. The fourth-order valence-electron chi connectivity index (χ4n) is 4.28. The fourth-order valence-corrected chi connectivity index (χ4v) is 5.28. The molecule has 0 bridgehead atoms. The molecule has 2 aliphatic rings. The van der Waals surface area contributed by atoms with E-state index in [4.69, 9.17) is 26.2 Å². The minimum absolute atomic E-state index is 0.115. The predicted molar refractivity (Wildman–Crippen MR) is 172 cm³/mol. The number of carboxylic acids is 2. The third-order valence-corrected chi connectivity index (χ3v) is 7.81. The maximum atomic E-state index is 12.8. The predicted octanol–water partition coefficient (Wildman–Crippen LogP) is 5.73. The van der Waals surface area contributed by atoms with E-state index in [-0.39, 0.29) is 17.4 Å². The van der Waals surface area contributed by atoms with Crippen molar-refractivity contribution in [3.8, 4) is 0 Å². The summed E-state index contributed by atoms with van der Waals surface area (Å²) >= 11 is 7.50. The Morgan fingerprint density at radius 3 is 2.40 bits per heavy atom. The van der Waals surface area contributed by atoms with Crippen LogP contribution in [0.15, 0.2) is 52.5 Å². The average molecular weight is 694 g/mol. The first kappa shape index (κ1) is 35.2. The Kier molecular flexibility index (Phi) is 11.1. The Morgan fingerprint density at radius 1 is 1.11 bits per heavy atom. The molecule has 0 radical (unpaired) electrons. The van der Waals surface area contributed by atoms with Crippen LogP contribution in [0.4, 0.5) is 30.2 Å². The summed E-state index contributed by atoms with van der Waals surface area (Å²) in [6.07, 6.45) is -1.99. The molecule has 248 valence electrons. The Hall–Kier alpha value is -4.67. The molecule has 1 aromatic heterocycles. The van der Waals surface area contributed by atoms with Gasteiger partial charge in [-0.15, -0.1) is 0 Å². The van der Waals surface area contributed by atoms with Crippen LogP contribution in [-0.4, -0.2) is 76.6 Å². The molecule has 2 aliphatic heterocycles.